The first-order valence-corrected chi connectivity index (χ1v) is 7.96. The summed E-state index contributed by atoms with van der Waals surface area (Å²) in [5.74, 6) is 0.688. The van der Waals surface area contributed by atoms with Gasteiger partial charge in [0.25, 0.3) is 0 Å². The van der Waals surface area contributed by atoms with Crippen molar-refractivity contribution in [1.29, 1.82) is 0 Å². The number of aromatic nitrogens is 3. The van der Waals surface area contributed by atoms with Gasteiger partial charge in [0.1, 0.15) is 0 Å². The number of rotatable bonds is 7. The van der Waals surface area contributed by atoms with E-state index in [0.29, 0.717) is 28.8 Å². The molecule has 2 rings (SSSR count). The fourth-order valence-electron chi connectivity index (χ4n) is 1.52. The Kier molecular flexibility index (Phi) is 4.87. The number of anilines is 2. The molecule has 1 fully saturated rings. The van der Waals surface area contributed by atoms with Crippen LogP contribution < -0.4 is 10.6 Å². The third-order valence-corrected chi connectivity index (χ3v) is 3.41. The van der Waals surface area contributed by atoms with Crippen LogP contribution in [0.5, 0.6) is 0 Å². The molecule has 0 radical (unpaired) electrons. The van der Waals surface area contributed by atoms with E-state index in [4.69, 9.17) is 5.11 Å². The molecule has 1 aromatic heterocycles. The van der Waals surface area contributed by atoms with E-state index in [-0.39, 0.29) is 12.0 Å². The number of carboxylic acid groups (broad SMARTS) is 1. The van der Waals surface area contributed by atoms with Gasteiger partial charge in [0.2, 0.25) is 11.9 Å². The number of carboxylic acids is 1. The summed E-state index contributed by atoms with van der Waals surface area (Å²) in [6.45, 7) is 6.09. The van der Waals surface area contributed by atoms with Gasteiger partial charge in [0, 0.05) is 17.3 Å². The second-order valence-electron chi connectivity index (χ2n) is 6.05. The summed E-state index contributed by atoms with van der Waals surface area (Å²) in [7, 11) is 0. The molecule has 0 saturated heterocycles. The normalized spacial score (nSPS) is 14.8. The van der Waals surface area contributed by atoms with Crippen molar-refractivity contribution in [3.8, 4) is 0 Å². The number of hydrogen-bond acceptors (Lipinski definition) is 7. The van der Waals surface area contributed by atoms with Crippen LogP contribution in [0.2, 0.25) is 0 Å². The second-order valence-corrected chi connectivity index (χ2v) is 7.11. The van der Waals surface area contributed by atoms with Crippen LogP contribution >= 0.6 is 11.8 Å². The van der Waals surface area contributed by atoms with Gasteiger partial charge in [-0.2, -0.15) is 15.0 Å². The van der Waals surface area contributed by atoms with Crippen molar-refractivity contribution in [2.75, 3.05) is 16.4 Å². The lowest BCUT2D eigenvalue weighted by molar-refractivity contribution is -0.136. The zero-order chi connectivity index (χ0) is 15.5. The van der Waals surface area contributed by atoms with Crippen LogP contribution in [0, 0.1) is 0 Å². The number of nitrogens with one attached hydrogen (secondary N) is 2. The van der Waals surface area contributed by atoms with Crippen molar-refractivity contribution < 1.29 is 9.90 Å². The smallest absolute Gasteiger partial charge is 0.304 e. The Hall–Kier alpha value is -1.57. The molecular formula is C13H21N5O2S. The highest BCUT2D eigenvalue weighted by atomic mass is 32.2. The van der Waals surface area contributed by atoms with Crippen molar-refractivity contribution in [3.05, 3.63) is 0 Å². The maximum atomic E-state index is 10.6. The summed E-state index contributed by atoms with van der Waals surface area (Å²) >= 11 is 1.33. The molecule has 116 valence electrons. The van der Waals surface area contributed by atoms with Crippen LogP contribution in [0.15, 0.2) is 5.16 Å². The lowest BCUT2D eigenvalue weighted by atomic mass is 10.1. The average Bonchev–Trinajstić information content (AvgIpc) is 3.09. The molecule has 1 heterocycles. The fourth-order valence-corrected chi connectivity index (χ4v) is 2.28. The molecule has 3 N–H and O–H groups in total. The van der Waals surface area contributed by atoms with Gasteiger partial charge in [-0.15, -0.1) is 0 Å². The first kappa shape index (κ1) is 15.8. The van der Waals surface area contributed by atoms with Gasteiger partial charge in [-0.1, -0.05) is 11.8 Å². The molecule has 0 aromatic carbocycles. The molecule has 8 heteroatoms. The van der Waals surface area contributed by atoms with Crippen molar-refractivity contribution in [2.45, 2.75) is 56.8 Å². The summed E-state index contributed by atoms with van der Waals surface area (Å²) in [5, 5.41) is 15.7. The highest BCUT2D eigenvalue weighted by Crippen LogP contribution is 2.25. The van der Waals surface area contributed by atoms with E-state index >= 15 is 0 Å². The summed E-state index contributed by atoms with van der Waals surface area (Å²) in [6, 6.07) is 0.451. The molecule has 0 amide bonds. The highest BCUT2D eigenvalue weighted by molar-refractivity contribution is 7.99. The Labute approximate surface area is 128 Å². The SMILES string of the molecule is CC(C)(C)Nc1nc(NC2CC2)nc(SCCC(=O)O)n1. The third kappa shape index (κ3) is 6.16. The Morgan fingerprint density at radius 2 is 1.95 bits per heavy atom. The molecule has 1 aliphatic carbocycles. The zero-order valence-electron chi connectivity index (χ0n) is 12.5. The minimum atomic E-state index is -0.819. The van der Waals surface area contributed by atoms with Crippen molar-refractivity contribution in [3.63, 3.8) is 0 Å². The van der Waals surface area contributed by atoms with E-state index in [1.165, 1.54) is 11.8 Å². The van der Waals surface area contributed by atoms with Gasteiger partial charge in [-0.05, 0) is 33.6 Å². The van der Waals surface area contributed by atoms with E-state index in [0.717, 1.165) is 12.8 Å². The van der Waals surface area contributed by atoms with E-state index < -0.39 is 5.97 Å². The Bertz CT molecular complexity index is 514. The molecule has 0 atom stereocenters. The molecule has 21 heavy (non-hydrogen) atoms. The molecular weight excluding hydrogens is 290 g/mol. The number of aliphatic carboxylic acids is 1. The van der Waals surface area contributed by atoms with Gasteiger partial charge in [-0.3, -0.25) is 4.79 Å². The molecule has 0 bridgehead atoms. The van der Waals surface area contributed by atoms with Crippen LogP contribution in [0.25, 0.3) is 0 Å². The maximum absolute atomic E-state index is 10.6. The number of carbonyl (C=O) groups is 1. The molecule has 0 unspecified atom stereocenters. The van der Waals surface area contributed by atoms with Gasteiger partial charge < -0.3 is 15.7 Å². The Balaban J connectivity index is 2.09. The fraction of sp³-hybridized carbons (Fsp3) is 0.692. The monoisotopic (exact) mass is 311 g/mol. The van der Waals surface area contributed by atoms with Crippen molar-refractivity contribution in [2.24, 2.45) is 0 Å². The number of thioether (sulfide) groups is 1. The third-order valence-electron chi connectivity index (χ3n) is 2.56. The maximum Gasteiger partial charge on any atom is 0.304 e. The molecule has 0 spiro atoms. The van der Waals surface area contributed by atoms with Crippen LogP contribution in [-0.2, 0) is 4.79 Å². The highest BCUT2D eigenvalue weighted by Gasteiger charge is 2.23. The van der Waals surface area contributed by atoms with Crippen LogP contribution in [0.1, 0.15) is 40.0 Å². The summed E-state index contributed by atoms with van der Waals surface area (Å²) in [6.07, 6.45) is 2.36. The minimum absolute atomic E-state index is 0.0871. The van der Waals surface area contributed by atoms with Crippen LogP contribution in [0.4, 0.5) is 11.9 Å². The van der Waals surface area contributed by atoms with Crippen LogP contribution in [-0.4, -0.2) is 43.4 Å². The lowest BCUT2D eigenvalue weighted by Gasteiger charge is -2.20. The molecule has 1 aliphatic rings. The molecule has 1 aromatic rings. The number of hydrogen-bond donors (Lipinski definition) is 3. The Morgan fingerprint density at radius 3 is 2.52 bits per heavy atom. The second kappa shape index (κ2) is 6.46. The Morgan fingerprint density at radius 1 is 1.29 bits per heavy atom. The van der Waals surface area contributed by atoms with E-state index in [1.807, 2.05) is 20.8 Å². The van der Waals surface area contributed by atoms with E-state index in [1.54, 1.807) is 0 Å². The summed E-state index contributed by atoms with van der Waals surface area (Å²) in [4.78, 5) is 23.6. The quantitative estimate of drug-likeness (QED) is 0.659. The van der Waals surface area contributed by atoms with Gasteiger partial charge >= 0.3 is 5.97 Å². The predicted molar refractivity (Wildman–Crippen MR) is 82.8 cm³/mol. The first-order valence-electron chi connectivity index (χ1n) is 6.97. The molecule has 0 aliphatic heterocycles. The van der Waals surface area contributed by atoms with Crippen molar-refractivity contribution >= 4 is 29.6 Å². The van der Waals surface area contributed by atoms with Gasteiger partial charge in [0.15, 0.2) is 5.16 Å². The zero-order valence-corrected chi connectivity index (χ0v) is 13.3. The lowest BCUT2D eigenvalue weighted by Crippen LogP contribution is -2.28. The van der Waals surface area contributed by atoms with Crippen LogP contribution in [0.3, 0.4) is 0 Å². The first-order chi connectivity index (χ1) is 9.82. The van der Waals surface area contributed by atoms with Gasteiger partial charge in [0.05, 0.1) is 6.42 Å². The summed E-state index contributed by atoms with van der Waals surface area (Å²) in [5.41, 5.74) is -0.152. The predicted octanol–water partition coefficient (Wildman–Crippen LogP) is 2.22. The molecule has 1 saturated carbocycles. The largest absolute Gasteiger partial charge is 0.481 e. The summed E-state index contributed by atoms with van der Waals surface area (Å²) < 4.78 is 0. The average molecular weight is 311 g/mol. The van der Waals surface area contributed by atoms with Gasteiger partial charge in [-0.25, -0.2) is 0 Å². The van der Waals surface area contributed by atoms with E-state index in [9.17, 15) is 4.79 Å². The molecule has 7 nitrogen and oxygen atoms in total. The minimum Gasteiger partial charge on any atom is -0.481 e. The van der Waals surface area contributed by atoms with E-state index in [2.05, 4.69) is 25.6 Å². The standard InChI is InChI=1S/C13H21N5O2S/c1-13(2,3)18-11-15-10(14-8-4-5-8)16-12(17-11)21-7-6-9(19)20/h8H,4-7H2,1-3H3,(H,19,20)(H2,14,15,16,17,18). The topological polar surface area (TPSA) is 100 Å². The van der Waals surface area contributed by atoms with Crippen molar-refractivity contribution in [1.82, 2.24) is 15.0 Å². The number of nitrogens with zero attached hydrogens (tertiary/aromatic N) is 3.